The number of carboxylic acid groups (broad SMARTS) is 1. The summed E-state index contributed by atoms with van der Waals surface area (Å²) < 4.78 is 10.3. The van der Waals surface area contributed by atoms with E-state index in [1.54, 1.807) is 38.1 Å². The second-order valence-electron chi connectivity index (χ2n) is 8.18. The molecule has 3 aromatic rings. The summed E-state index contributed by atoms with van der Waals surface area (Å²) >= 11 is 5.81. The third kappa shape index (κ3) is 7.40. The number of hydrogen-bond acceptors (Lipinski definition) is 7. The Hall–Kier alpha value is -4.70. The van der Waals surface area contributed by atoms with Crippen LogP contribution < -0.4 is 10.9 Å². The number of hydrazine groups is 1. The number of halogens is 1. The van der Waals surface area contributed by atoms with Crippen LogP contribution in [0.15, 0.2) is 72.8 Å². The number of rotatable bonds is 8. The number of aryl methyl sites for hydroxylation is 2. The van der Waals surface area contributed by atoms with Gasteiger partial charge >= 0.3 is 17.9 Å². The maximum atomic E-state index is 13.0. The predicted molar refractivity (Wildman–Crippen MR) is 135 cm³/mol. The molecule has 0 spiro atoms. The third-order valence-corrected chi connectivity index (χ3v) is 5.41. The Labute approximate surface area is 222 Å². The first-order chi connectivity index (χ1) is 18.0. The number of ether oxygens (including phenoxy) is 2. The Kier molecular flexibility index (Phi) is 9.18. The molecular weight excluding hydrogens is 516 g/mol. The Bertz CT molecular complexity index is 1370. The van der Waals surface area contributed by atoms with Gasteiger partial charge in [0.05, 0.1) is 11.1 Å². The highest BCUT2D eigenvalue weighted by atomic mass is 35.5. The van der Waals surface area contributed by atoms with Gasteiger partial charge in [0.15, 0.2) is 0 Å². The molecule has 3 aromatic carbocycles. The summed E-state index contributed by atoms with van der Waals surface area (Å²) in [6.45, 7) is 3.44. The van der Waals surface area contributed by atoms with Crippen LogP contribution in [0, 0.1) is 13.8 Å². The summed E-state index contributed by atoms with van der Waals surface area (Å²) in [4.78, 5) is 63.0. The summed E-state index contributed by atoms with van der Waals surface area (Å²) in [7, 11) is 0. The number of aliphatic carboxylic acids is 1. The van der Waals surface area contributed by atoms with E-state index in [4.69, 9.17) is 21.1 Å². The lowest BCUT2D eigenvalue weighted by Crippen LogP contribution is -2.54. The molecule has 0 aliphatic rings. The number of esters is 2. The zero-order chi connectivity index (χ0) is 27.8. The number of hydrogen-bond donors (Lipinski definition) is 3. The molecule has 11 heteroatoms. The molecular formula is C27H23ClN2O8. The van der Waals surface area contributed by atoms with Gasteiger partial charge < -0.3 is 14.6 Å². The first-order valence-electron chi connectivity index (χ1n) is 11.2. The van der Waals surface area contributed by atoms with Crippen LogP contribution in [-0.4, -0.2) is 47.0 Å². The molecule has 0 aliphatic carbocycles. The molecule has 2 amide bonds. The highest BCUT2D eigenvalue weighted by molar-refractivity contribution is 6.30. The molecule has 10 nitrogen and oxygen atoms in total. The van der Waals surface area contributed by atoms with Crippen molar-refractivity contribution in [1.29, 1.82) is 0 Å². The number of carbonyl (C=O) groups excluding carboxylic acids is 4. The molecule has 3 rings (SSSR count). The maximum absolute atomic E-state index is 13.0. The van der Waals surface area contributed by atoms with Gasteiger partial charge in [-0.1, -0.05) is 47.0 Å². The molecule has 0 saturated carbocycles. The van der Waals surface area contributed by atoms with Gasteiger partial charge in [-0.2, -0.15) is 0 Å². The summed E-state index contributed by atoms with van der Waals surface area (Å²) in [5, 5.41) is 10.2. The smallest absolute Gasteiger partial charge is 0.349 e. The van der Waals surface area contributed by atoms with Crippen molar-refractivity contribution >= 4 is 41.3 Å². The Morgan fingerprint density at radius 3 is 1.68 bits per heavy atom. The number of amides is 2. The Morgan fingerprint density at radius 2 is 1.21 bits per heavy atom. The molecule has 3 N–H and O–H groups in total. The summed E-state index contributed by atoms with van der Waals surface area (Å²) in [6.07, 6.45) is -4.41. The van der Waals surface area contributed by atoms with Crippen molar-refractivity contribution in [1.82, 2.24) is 10.9 Å². The van der Waals surface area contributed by atoms with Gasteiger partial charge in [0.2, 0.25) is 12.2 Å². The predicted octanol–water partition coefficient (Wildman–Crippen LogP) is 3.25. The Morgan fingerprint density at radius 1 is 0.711 bits per heavy atom. The Balaban J connectivity index is 1.85. The molecule has 0 unspecified atom stereocenters. The van der Waals surface area contributed by atoms with Gasteiger partial charge in [0.1, 0.15) is 0 Å². The average molecular weight is 539 g/mol. The van der Waals surface area contributed by atoms with Crippen molar-refractivity contribution in [2.75, 3.05) is 0 Å². The summed E-state index contributed by atoms with van der Waals surface area (Å²) in [5.41, 5.74) is 5.71. The van der Waals surface area contributed by atoms with Crippen molar-refractivity contribution in [2.24, 2.45) is 0 Å². The van der Waals surface area contributed by atoms with Gasteiger partial charge in [-0.15, -0.1) is 0 Å². The number of benzene rings is 3. The molecule has 196 valence electrons. The van der Waals surface area contributed by atoms with Gasteiger partial charge in [0, 0.05) is 10.6 Å². The van der Waals surface area contributed by atoms with E-state index in [9.17, 15) is 29.1 Å². The first-order valence-corrected chi connectivity index (χ1v) is 11.6. The lowest BCUT2D eigenvalue weighted by atomic mass is 10.1. The lowest BCUT2D eigenvalue weighted by molar-refractivity contribution is -0.159. The monoisotopic (exact) mass is 538 g/mol. The highest BCUT2D eigenvalue weighted by Gasteiger charge is 2.41. The molecule has 0 aromatic heterocycles. The van der Waals surface area contributed by atoms with Crippen molar-refractivity contribution in [3.05, 3.63) is 106 Å². The van der Waals surface area contributed by atoms with Crippen molar-refractivity contribution in [3.63, 3.8) is 0 Å². The van der Waals surface area contributed by atoms with Crippen LogP contribution in [0.5, 0.6) is 0 Å². The highest BCUT2D eigenvalue weighted by Crippen LogP contribution is 2.15. The van der Waals surface area contributed by atoms with Gasteiger partial charge in [-0.3, -0.25) is 20.4 Å². The zero-order valence-electron chi connectivity index (χ0n) is 20.3. The minimum absolute atomic E-state index is 0.0245. The normalized spacial score (nSPS) is 12.0. The SMILES string of the molecule is Cc1cccc(C(=O)O[C@H](C(=O)O)[C@@H](OC(=O)c2cccc(C)c2)C(=O)NNC(=O)c2ccc(Cl)cc2)c1. The maximum Gasteiger partial charge on any atom is 0.349 e. The van der Waals surface area contributed by atoms with E-state index in [1.807, 2.05) is 5.43 Å². The molecule has 0 bridgehead atoms. The lowest BCUT2D eigenvalue weighted by Gasteiger charge is -2.23. The second-order valence-corrected chi connectivity index (χ2v) is 8.62. The van der Waals surface area contributed by atoms with Crippen molar-refractivity contribution in [3.8, 4) is 0 Å². The third-order valence-electron chi connectivity index (χ3n) is 5.16. The molecule has 2 atom stereocenters. The topological polar surface area (TPSA) is 148 Å². The van der Waals surface area contributed by atoms with E-state index in [1.165, 1.54) is 48.5 Å². The van der Waals surface area contributed by atoms with Gasteiger partial charge in [-0.25, -0.2) is 14.4 Å². The quantitative estimate of drug-likeness (QED) is 0.292. The largest absolute Gasteiger partial charge is 0.478 e. The van der Waals surface area contributed by atoms with Crippen LogP contribution in [0.1, 0.15) is 42.2 Å². The van der Waals surface area contributed by atoms with E-state index in [0.717, 1.165) is 0 Å². The van der Waals surface area contributed by atoms with E-state index in [-0.39, 0.29) is 16.7 Å². The molecule has 0 saturated heterocycles. The standard InChI is InChI=1S/C27H23ClN2O8/c1-15-5-3-7-18(13-15)26(35)37-21(24(32)30-29-23(31)17-9-11-20(28)12-10-17)22(25(33)34)38-27(36)19-8-4-6-16(2)14-19/h3-14,21-22H,1-2H3,(H,29,31)(H,30,32)(H,33,34)/t21-,22+/m1/s1. The van der Waals surface area contributed by atoms with E-state index < -0.39 is 41.9 Å². The van der Waals surface area contributed by atoms with E-state index in [2.05, 4.69) is 5.43 Å². The van der Waals surface area contributed by atoms with Crippen LogP contribution in [0.3, 0.4) is 0 Å². The van der Waals surface area contributed by atoms with E-state index >= 15 is 0 Å². The summed E-state index contributed by atoms with van der Waals surface area (Å²) in [6, 6.07) is 18.0. The van der Waals surface area contributed by atoms with Crippen LogP contribution >= 0.6 is 11.6 Å². The summed E-state index contributed by atoms with van der Waals surface area (Å²) in [5.74, 6) is -5.88. The van der Waals surface area contributed by atoms with Crippen molar-refractivity contribution in [2.45, 2.75) is 26.1 Å². The van der Waals surface area contributed by atoms with Gasteiger partial charge in [0.25, 0.3) is 11.8 Å². The van der Waals surface area contributed by atoms with Gasteiger partial charge in [-0.05, 0) is 62.4 Å². The number of carboxylic acids is 1. The zero-order valence-corrected chi connectivity index (χ0v) is 21.0. The number of nitrogens with one attached hydrogen (secondary N) is 2. The fourth-order valence-electron chi connectivity index (χ4n) is 3.27. The average Bonchev–Trinajstić information content (AvgIpc) is 2.89. The molecule has 0 aliphatic heterocycles. The van der Waals surface area contributed by atoms with Crippen LogP contribution in [0.25, 0.3) is 0 Å². The van der Waals surface area contributed by atoms with Crippen LogP contribution in [0.2, 0.25) is 5.02 Å². The van der Waals surface area contributed by atoms with Crippen LogP contribution in [-0.2, 0) is 19.1 Å². The van der Waals surface area contributed by atoms with E-state index in [0.29, 0.717) is 16.1 Å². The minimum atomic E-state index is -2.25. The fourth-order valence-corrected chi connectivity index (χ4v) is 3.39. The molecule has 38 heavy (non-hydrogen) atoms. The number of carbonyl (C=O) groups is 5. The fraction of sp³-hybridized carbons (Fsp3) is 0.148. The van der Waals surface area contributed by atoms with Crippen LogP contribution in [0.4, 0.5) is 0 Å². The van der Waals surface area contributed by atoms with Crippen molar-refractivity contribution < 1.29 is 38.6 Å². The second kappa shape index (κ2) is 12.5. The molecule has 0 radical (unpaired) electrons. The molecule has 0 fully saturated rings. The first kappa shape index (κ1) is 27.9. The minimum Gasteiger partial charge on any atom is -0.478 e. The molecule has 0 heterocycles.